The van der Waals surface area contributed by atoms with Crippen LogP contribution in [0.3, 0.4) is 0 Å². The van der Waals surface area contributed by atoms with E-state index in [2.05, 4.69) is 43.9 Å². The lowest BCUT2D eigenvalue weighted by Crippen LogP contribution is -2.39. The maximum atomic E-state index is 13.7. The maximum absolute atomic E-state index is 13.7. The second-order valence-corrected chi connectivity index (χ2v) is 14.9. The van der Waals surface area contributed by atoms with Crippen LogP contribution in [0.5, 0.6) is 0 Å². The summed E-state index contributed by atoms with van der Waals surface area (Å²) in [6.45, 7) is 12.0. The summed E-state index contributed by atoms with van der Waals surface area (Å²) >= 11 is 0. The lowest BCUT2D eigenvalue weighted by atomic mass is 9.86. The maximum Gasteiger partial charge on any atom is 0.306 e. The largest absolute Gasteiger partial charge is 0.454 e. The van der Waals surface area contributed by atoms with E-state index >= 15 is 0 Å². The molecule has 0 aliphatic carbocycles. The molecule has 1 aromatic heterocycles. The predicted octanol–water partition coefficient (Wildman–Crippen LogP) is 9.40. The van der Waals surface area contributed by atoms with Crippen molar-refractivity contribution < 1.29 is 9.53 Å². The van der Waals surface area contributed by atoms with E-state index < -0.39 is 6.10 Å². The number of aryl methyl sites for hydroxylation is 3. The molecule has 1 saturated heterocycles. The lowest BCUT2D eigenvalue weighted by molar-refractivity contribution is -0.151. The van der Waals surface area contributed by atoms with E-state index in [1.807, 2.05) is 14.0 Å². The molecule has 0 saturated carbocycles. The Bertz CT molecular complexity index is 1410. The number of nitrogens with zero attached hydrogens (tertiary/aromatic N) is 4. The number of likely N-dealkylation sites (tertiary alicyclic amines) is 1. The highest BCUT2D eigenvalue weighted by Crippen LogP contribution is 2.28. The summed E-state index contributed by atoms with van der Waals surface area (Å²) in [5, 5.41) is 0. The number of carbonyl (C=O) groups is 1. The number of esters is 1. The van der Waals surface area contributed by atoms with Crippen molar-refractivity contribution in [3.63, 3.8) is 0 Å². The third-order valence-corrected chi connectivity index (χ3v) is 10.9. The van der Waals surface area contributed by atoms with Gasteiger partial charge in [-0.1, -0.05) is 108 Å². The van der Waals surface area contributed by atoms with Crippen LogP contribution in [0.25, 0.3) is 0 Å². The van der Waals surface area contributed by atoms with Gasteiger partial charge in [0.15, 0.2) is 11.9 Å². The van der Waals surface area contributed by atoms with Gasteiger partial charge in [0.2, 0.25) is 0 Å². The number of ether oxygens (including phenoxy) is 1. The minimum atomic E-state index is -0.422. The summed E-state index contributed by atoms with van der Waals surface area (Å²) in [7, 11) is 1.92. The molecule has 2 aromatic rings. The quantitative estimate of drug-likeness (QED) is 0.0795. The van der Waals surface area contributed by atoms with Crippen molar-refractivity contribution in [2.75, 3.05) is 26.7 Å². The van der Waals surface area contributed by atoms with Gasteiger partial charge in [-0.25, -0.2) is 4.98 Å². The third kappa shape index (κ3) is 11.9. The average Bonchev–Trinajstić information content (AvgIpc) is 3.09. The Morgan fingerprint density at radius 3 is 2.12 bits per heavy atom. The topological polar surface area (TPSA) is 76.8 Å². The number of hydrogen-bond acceptors (Lipinski definition) is 6. The zero-order valence-electron chi connectivity index (χ0n) is 31.7. The first-order valence-corrected chi connectivity index (χ1v) is 19.9. The summed E-state index contributed by atoms with van der Waals surface area (Å²) in [5.74, 6) is 0.939. The minimum absolute atomic E-state index is 0.0462. The number of rotatable bonds is 20. The molecule has 49 heavy (non-hydrogen) atoms. The third-order valence-electron chi connectivity index (χ3n) is 10.9. The van der Waals surface area contributed by atoms with E-state index in [0.29, 0.717) is 31.1 Å². The summed E-state index contributed by atoms with van der Waals surface area (Å²) in [4.78, 5) is 38.6. The zero-order valence-corrected chi connectivity index (χ0v) is 31.7. The highest BCUT2D eigenvalue weighted by molar-refractivity contribution is 6.03. The second kappa shape index (κ2) is 20.8. The molecule has 0 N–H and O–H groups in total. The van der Waals surface area contributed by atoms with Crippen LogP contribution in [0.4, 0.5) is 0 Å². The Morgan fingerprint density at radius 1 is 0.878 bits per heavy atom. The van der Waals surface area contributed by atoms with Gasteiger partial charge in [-0.2, -0.15) is 0 Å². The van der Waals surface area contributed by atoms with Crippen LogP contribution in [-0.4, -0.2) is 52.8 Å². The molecule has 2 aliphatic rings. The normalized spacial score (nSPS) is 17.3. The van der Waals surface area contributed by atoms with Crippen molar-refractivity contribution >= 4 is 11.7 Å². The zero-order chi connectivity index (χ0) is 35.0. The fourth-order valence-electron chi connectivity index (χ4n) is 7.98. The number of unbranched alkanes of at least 4 members (excludes halogenated alkanes) is 12. The fourth-order valence-corrected chi connectivity index (χ4v) is 7.98. The van der Waals surface area contributed by atoms with Crippen molar-refractivity contribution in [3.05, 3.63) is 62.3 Å². The molecule has 1 fully saturated rings. The van der Waals surface area contributed by atoms with Gasteiger partial charge in [-0.3, -0.25) is 19.1 Å². The van der Waals surface area contributed by atoms with Gasteiger partial charge < -0.3 is 9.64 Å². The van der Waals surface area contributed by atoms with Crippen LogP contribution in [0, 0.1) is 26.7 Å². The van der Waals surface area contributed by atoms with Crippen molar-refractivity contribution in [2.45, 2.75) is 162 Å². The van der Waals surface area contributed by atoms with Gasteiger partial charge in [-0.05, 0) is 83.5 Å². The molecular formula is C42H66N4O3. The van der Waals surface area contributed by atoms with E-state index in [1.54, 1.807) is 4.57 Å². The lowest BCUT2D eigenvalue weighted by Gasteiger charge is -2.33. The number of fused-ring (bicyclic) bond motifs is 1. The first kappa shape index (κ1) is 39.0. The summed E-state index contributed by atoms with van der Waals surface area (Å²) in [6, 6.07) is 6.66. The van der Waals surface area contributed by atoms with Crippen molar-refractivity contribution in [1.29, 1.82) is 0 Å². The van der Waals surface area contributed by atoms with Gasteiger partial charge >= 0.3 is 5.97 Å². The first-order chi connectivity index (χ1) is 23.8. The molecular weight excluding hydrogens is 608 g/mol. The molecule has 1 aromatic carbocycles. The number of benzene rings is 1. The molecule has 2 aliphatic heterocycles. The Labute approximate surface area is 297 Å². The number of carbonyl (C=O) groups excluding carboxylic acids is 1. The molecule has 7 heteroatoms. The van der Waals surface area contributed by atoms with Crippen LogP contribution in [0.15, 0.2) is 28.0 Å². The number of aliphatic imine (C=N–C) groups is 1. The Kier molecular flexibility index (Phi) is 16.5. The molecule has 0 bridgehead atoms. The van der Waals surface area contributed by atoms with Gasteiger partial charge in [0.1, 0.15) is 0 Å². The van der Waals surface area contributed by atoms with Crippen molar-refractivity contribution in [1.82, 2.24) is 14.5 Å². The van der Waals surface area contributed by atoms with E-state index in [-0.39, 0.29) is 11.5 Å². The molecule has 1 atom stereocenters. The number of hydrogen-bond donors (Lipinski definition) is 0. The smallest absolute Gasteiger partial charge is 0.306 e. The van der Waals surface area contributed by atoms with Gasteiger partial charge in [0, 0.05) is 49.4 Å². The van der Waals surface area contributed by atoms with Crippen LogP contribution < -0.4 is 5.56 Å². The molecule has 1 unspecified atom stereocenters. The Hall–Kier alpha value is -2.80. The molecule has 0 radical (unpaired) electrons. The summed E-state index contributed by atoms with van der Waals surface area (Å²) < 4.78 is 7.72. The predicted molar refractivity (Wildman–Crippen MR) is 203 cm³/mol. The van der Waals surface area contributed by atoms with E-state index in [0.717, 1.165) is 69.4 Å². The monoisotopic (exact) mass is 675 g/mol. The molecule has 3 heterocycles. The van der Waals surface area contributed by atoms with E-state index in [4.69, 9.17) is 14.7 Å². The van der Waals surface area contributed by atoms with Crippen LogP contribution in [0.1, 0.15) is 162 Å². The number of piperidine rings is 1. The highest BCUT2D eigenvalue weighted by Gasteiger charge is 2.29. The second-order valence-electron chi connectivity index (χ2n) is 14.9. The van der Waals surface area contributed by atoms with Crippen molar-refractivity contribution in [3.8, 4) is 0 Å². The molecule has 272 valence electrons. The molecule has 4 rings (SSSR count). The van der Waals surface area contributed by atoms with Crippen LogP contribution >= 0.6 is 0 Å². The Balaban J connectivity index is 1.18. The Morgan fingerprint density at radius 2 is 1.51 bits per heavy atom. The van der Waals surface area contributed by atoms with Gasteiger partial charge in [0.25, 0.3) is 5.56 Å². The molecule has 0 amide bonds. The summed E-state index contributed by atoms with van der Waals surface area (Å²) in [5.41, 5.74) is 6.71. The van der Waals surface area contributed by atoms with Crippen LogP contribution in [0.2, 0.25) is 0 Å². The fraction of sp³-hybridized carbons (Fsp3) is 0.714. The van der Waals surface area contributed by atoms with E-state index in [1.165, 1.54) is 93.0 Å². The SMILES string of the molecule is CCCCCCCCCCCCCCCC(=O)OC1CCCn2c1nc(C)c(CCN1CCC(C(=NC)c3ccc(C)cc3C)CC1)c2=O. The standard InChI is InChI=1S/C42H66N4O3/c1-6-7-8-9-10-11-12-13-14-15-16-17-18-21-39(47)49-38-20-19-27-46-41(38)44-34(4)37(42(46)48)26-30-45-28-24-35(25-29-45)40(43-5)36-23-22-32(2)31-33(36)3/h22-23,31,35,38H,6-21,24-30H2,1-5H3. The average molecular weight is 675 g/mol. The van der Waals surface area contributed by atoms with Crippen molar-refractivity contribution in [2.24, 2.45) is 10.9 Å². The first-order valence-electron chi connectivity index (χ1n) is 19.9. The van der Waals surface area contributed by atoms with Crippen LogP contribution in [-0.2, 0) is 22.5 Å². The summed E-state index contributed by atoms with van der Waals surface area (Å²) in [6.07, 6.45) is 21.1. The number of aromatic nitrogens is 2. The highest BCUT2D eigenvalue weighted by atomic mass is 16.5. The van der Waals surface area contributed by atoms with Gasteiger partial charge in [-0.15, -0.1) is 0 Å². The van der Waals surface area contributed by atoms with E-state index in [9.17, 15) is 9.59 Å². The minimum Gasteiger partial charge on any atom is -0.454 e. The molecule has 0 spiro atoms. The molecule has 7 nitrogen and oxygen atoms in total. The van der Waals surface area contributed by atoms with Gasteiger partial charge in [0.05, 0.1) is 0 Å².